The van der Waals surface area contributed by atoms with Gasteiger partial charge in [-0.25, -0.2) is 0 Å². The molecule has 0 radical (unpaired) electrons. The number of nitrogens with zero attached hydrogens (tertiary/aromatic N) is 1. The standard InChI is InChI=1S/C14H20N2O2S/c1-3-16(14(17)13-9-19-10-15-13)8-11-4-6-12(18-2)7-5-11/h4-7,13,15H,3,8-10H2,1-2H3. The van der Waals surface area contributed by atoms with Crippen LogP contribution in [0.2, 0.25) is 0 Å². The minimum absolute atomic E-state index is 0.0248. The van der Waals surface area contributed by atoms with Crippen LogP contribution in [0.3, 0.4) is 0 Å². The largest absolute Gasteiger partial charge is 0.497 e. The lowest BCUT2D eigenvalue weighted by molar-refractivity contribution is -0.133. The van der Waals surface area contributed by atoms with Crippen molar-refractivity contribution >= 4 is 17.7 Å². The normalized spacial score (nSPS) is 18.3. The van der Waals surface area contributed by atoms with Crippen molar-refractivity contribution in [1.29, 1.82) is 0 Å². The monoisotopic (exact) mass is 280 g/mol. The van der Waals surface area contributed by atoms with E-state index >= 15 is 0 Å². The van der Waals surface area contributed by atoms with Crippen LogP contribution in [-0.4, -0.2) is 42.1 Å². The Morgan fingerprint density at radius 3 is 2.74 bits per heavy atom. The highest BCUT2D eigenvalue weighted by Gasteiger charge is 2.26. The fraction of sp³-hybridized carbons (Fsp3) is 0.500. The lowest BCUT2D eigenvalue weighted by Gasteiger charge is -2.24. The molecule has 1 N–H and O–H groups in total. The Labute approximate surface area is 118 Å². The molecule has 1 atom stereocenters. The van der Waals surface area contributed by atoms with Gasteiger partial charge in [0, 0.05) is 24.7 Å². The molecule has 19 heavy (non-hydrogen) atoms. The van der Waals surface area contributed by atoms with E-state index in [0.717, 1.165) is 29.5 Å². The zero-order valence-electron chi connectivity index (χ0n) is 11.4. The highest BCUT2D eigenvalue weighted by atomic mass is 32.2. The zero-order valence-corrected chi connectivity index (χ0v) is 12.2. The third-order valence-corrected chi connectivity index (χ3v) is 4.18. The van der Waals surface area contributed by atoms with E-state index < -0.39 is 0 Å². The van der Waals surface area contributed by atoms with Gasteiger partial charge in [0.15, 0.2) is 0 Å². The van der Waals surface area contributed by atoms with Crippen LogP contribution >= 0.6 is 11.8 Å². The van der Waals surface area contributed by atoms with Crippen molar-refractivity contribution in [2.24, 2.45) is 0 Å². The average Bonchev–Trinajstić information content (AvgIpc) is 2.99. The fourth-order valence-corrected chi connectivity index (χ4v) is 3.00. The highest BCUT2D eigenvalue weighted by molar-refractivity contribution is 7.99. The van der Waals surface area contributed by atoms with Crippen molar-refractivity contribution in [2.75, 3.05) is 25.3 Å². The first kappa shape index (κ1) is 14.2. The first-order valence-corrected chi connectivity index (χ1v) is 7.63. The van der Waals surface area contributed by atoms with Crippen LogP contribution in [0, 0.1) is 0 Å². The van der Waals surface area contributed by atoms with Crippen LogP contribution in [0.25, 0.3) is 0 Å². The molecule has 1 aliphatic heterocycles. The van der Waals surface area contributed by atoms with Gasteiger partial charge in [-0.3, -0.25) is 10.1 Å². The van der Waals surface area contributed by atoms with E-state index in [4.69, 9.17) is 4.74 Å². The summed E-state index contributed by atoms with van der Waals surface area (Å²) < 4.78 is 5.14. The van der Waals surface area contributed by atoms with Crippen LogP contribution in [-0.2, 0) is 11.3 Å². The summed E-state index contributed by atoms with van der Waals surface area (Å²) in [6, 6.07) is 7.84. The third-order valence-electron chi connectivity index (χ3n) is 3.24. The molecule has 0 bridgehead atoms. The van der Waals surface area contributed by atoms with Crippen LogP contribution in [0.15, 0.2) is 24.3 Å². The summed E-state index contributed by atoms with van der Waals surface area (Å²) >= 11 is 1.77. The summed E-state index contributed by atoms with van der Waals surface area (Å²) in [6.45, 7) is 3.40. The first-order chi connectivity index (χ1) is 9.24. The second-order valence-electron chi connectivity index (χ2n) is 4.47. The van der Waals surface area contributed by atoms with Crippen molar-refractivity contribution in [1.82, 2.24) is 10.2 Å². The predicted octanol–water partition coefficient (Wildman–Crippen LogP) is 1.71. The summed E-state index contributed by atoms with van der Waals surface area (Å²) in [5, 5.41) is 3.23. The van der Waals surface area contributed by atoms with Crippen molar-refractivity contribution < 1.29 is 9.53 Å². The zero-order chi connectivity index (χ0) is 13.7. The Morgan fingerprint density at radius 1 is 1.47 bits per heavy atom. The number of methoxy groups -OCH3 is 1. The molecule has 0 saturated carbocycles. The summed E-state index contributed by atoms with van der Waals surface area (Å²) in [4.78, 5) is 14.2. The number of carbonyl (C=O) groups is 1. The van der Waals surface area contributed by atoms with Crippen molar-refractivity contribution in [3.05, 3.63) is 29.8 Å². The minimum atomic E-state index is -0.0248. The molecule has 0 aliphatic carbocycles. The number of thioether (sulfide) groups is 1. The molecule has 1 fully saturated rings. The van der Waals surface area contributed by atoms with Crippen LogP contribution < -0.4 is 10.1 Å². The molecule has 1 amide bonds. The van der Waals surface area contributed by atoms with E-state index in [-0.39, 0.29) is 11.9 Å². The number of nitrogens with one attached hydrogen (secondary N) is 1. The van der Waals surface area contributed by atoms with E-state index in [1.807, 2.05) is 36.1 Å². The maximum absolute atomic E-state index is 12.3. The molecule has 0 spiro atoms. The molecule has 0 aromatic heterocycles. The molecule has 2 rings (SSSR count). The fourth-order valence-electron chi connectivity index (χ4n) is 2.07. The SMILES string of the molecule is CCN(Cc1ccc(OC)cc1)C(=O)C1CSCN1. The molecule has 1 heterocycles. The van der Waals surface area contributed by atoms with Crippen LogP contribution in [0.4, 0.5) is 0 Å². The number of benzene rings is 1. The summed E-state index contributed by atoms with van der Waals surface area (Å²) in [5.41, 5.74) is 1.13. The quantitative estimate of drug-likeness (QED) is 0.891. The topological polar surface area (TPSA) is 41.6 Å². The summed E-state index contributed by atoms with van der Waals surface area (Å²) in [6.07, 6.45) is 0. The molecular weight excluding hydrogens is 260 g/mol. The Bertz CT molecular complexity index is 416. The molecule has 1 saturated heterocycles. The predicted molar refractivity (Wildman–Crippen MR) is 78.3 cm³/mol. The van der Waals surface area contributed by atoms with Crippen LogP contribution in [0.5, 0.6) is 5.75 Å². The van der Waals surface area contributed by atoms with Gasteiger partial charge in [0.2, 0.25) is 5.91 Å². The summed E-state index contributed by atoms with van der Waals surface area (Å²) in [5.74, 6) is 2.78. The van der Waals surface area contributed by atoms with Gasteiger partial charge in [-0.2, -0.15) is 0 Å². The van der Waals surface area contributed by atoms with E-state index in [2.05, 4.69) is 5.32 Å². The molecule has 1 aromatic carbocycles. The van der Waals surface area contributed by atoms with E-state index in [1.54, 1.807) is 18.9 Å². The molecular formula is C14H20N2O2S. The molecule has 5 heteroatoms. The molecule has 1 unspecified atom stereocenters. The lowest BCUT2D eigenvalue weighted by atomic mass is 10.2. The average molecular weight is 280 g/mol. The van der Waals surface area contributed by atoms with Crippen molar-refractivity contribution in [3.8, 4) is 5.75 Å². The third kappa shape index (κ3) is 3.64. The van der Waals surface area contributed by atoms with Gasteiger partial charge in [0.05, 0.1) is 13.2 Å². The van der Waals surface area contributed by atoms with Gasteiger partial charge >= 0.3 is 0 Å². The van der Waals surface area contributed by atoms with E-state index in [1.165, 1.54) is 0 Å². The minimum Gasteiger partial charge on any atom is -0.497 e. The highest BCUT2D eigenvalue weighted by Crippen LogP contribution is 2.16. The Morgan fingerprint density at radius 2 is 2.21 bits per heavy atom. The molecule has 104 valence electrons. The van der Waals surface area contributed by atoms with Crippen LogP contribution in [0.1, 0.15) is 12.5 Å². The number of ether oxygens (including phenoxy) is 1. The van der Waals surface area contributed by atoms with Crippen molar-refractivity contribution in [2.45, 2.75) is 19.5 Å². The molecule has 1 aliphatic rings. The van der Waals surface area contributed by atoms with Gasteiger partial charge in [-0.1, -0.05) is 12.1 Å². The van der Waals surface area contributed by atoms with Gasteiger partial charge < -0.3 is 9.64 Å². The Hall–Kier alpha value is -1.20. The van der Waals surface area contributed by atoms with Gasteiger partial charge in [0.1, 0.15) is 5.75 Å². The second kappa shape index (κ2) is 6.82. The van der Waals surface area contributed by atoms with E-state index in [9.17, 15) is 4.79 Å². The number of hydrogen-bond acceptors (Lipinski definition) is 4. The maximum atomic E-state index is 12.3. The number of likely N-dealkylation sites (N-methyl/N-ethyl adjacent to an activating group) is 1. The number of carbonyl (C=O) groups excluding carboxylic acids is 1. The van der Waals surface area contributed by atoms with Gasteiger partial charge in [-0.15, -0.1) is 11.8 Å². The molecule has 4 nitrogen and oxygen atoms in total. The Kier molecular flexibility index (Phi) is 5.10. The van der Waals surface area contributed by atoms with Crippen molar-refractivity contribution in [3.63, 3.8) is 0 Å². The van der Waals surface area contributed by atoms with Gasteiger partial charge in [-0.05, 0) is 24.6 Å². The van der Waals surface area contributed by atoms with Gasteiger partial charge in [0.25, 0.3) is 0 Å². The lowest BCUT2D eigenvalue weighted by Crippen LogP contribution is -2.44. The first-order valence-electron chi connectivity index (χ1n) is 6.47. The molecule has 1 aromatic rings. The number of hydrogen-bond donors (Lipinski definition) is 1. The second-order valence-corrected chi connectivity index (χ2v) is 5.50. The number of amides is 1. The summed E-state index contributed by atoms with van der Waals surface area (Å²) in [7, 11) is 1.65. The smallest absolute Gasteiger partial charge is 0.240 e. The number of rotatable bonds is 5. The van der Waals surface area contributed by atoms with E-state index in [0.29, 0.717) is 6.54 Å². The maximum Gasteiger partial charge on any atom is 0.240 e. The Balaban J connectivity index is 1.99.